The van der Waals surface area contributed by atoms with Gasteiger partial charge < -0.3 is 9.88 Å². The van der Waals surface area contributed by atoms with Crippen molar-refractivity contribution < 1.29 is 4.79 Å². The van der Waals surface area contributed by atoms with Crippen molar-refractivity contribution in [3.8, 4) is 0 Å². The first-order valence-corrected chi connectivity index (χ1v) is 10.5. The van der Waals surface area contributed by atoms with Crippen molar-refractivity contribution in [1.29, 1.82) is 0 Å². The van der Waals surface area contributed by atoms with Crippen molar-refractivity contribution in [2.45, 2.75) is 46.1 Å². The summed E-state index contributed by atoms with van der Waals surface area (Å²) in [7, 11) is 0. The predicted molar refractivity (Wildman–Crippen MR) is 115 cm³/mol. The number of hydrogen-bond acceptors (Lipinski definition) is 5. The molecular formula is C21H25ClN6O2. The molecule has 1 aliphatic heterocycles. The van der Waals surface area contributed by atoms with E-state index in [4.69, 9.17) is 16.6 Å². The highest BCUT2D eigenvalue weighted by atomic mass is 35.5. The van der Waals surface area contributed by atoms with E-state index in [1.165, 1.54) is 0 Å². The molecule has 1 amide bonds. The summed E-state index contributed by atoms with van der Waals surface area (Å²) in [5, 5.41) is 8.76. The Bertz CT molecular complexity index is 1150. The molecule has 0 bridgehead atoms. The summed E-state index contributed by atoms with van der Waals surface area (Å²) >= 11 is 6.08. The van der Waals surface area contributed by atoms with E-state index >= 15 is 0 Å². The molecule has 9 heteroatoms. The normalized spacial score (nSPS) is 17.5. The second kappa shape index (κ2) is 7.83. The molecule has 1 aromatic carbocycles. The Labute approximate surface area is 179 Å². The lowest BCUT2D eigenvalue weighted by Gasteiger charge is -2.36. The van der Waals surface area contributed by atoms with E-state index in [1.54, 1.807) is 10.7 Å². The van der Waals surface area contributed by atoms with Crippen LogP contribution in [0.1, 0.15) is 50.9 Å². The third-order valence-electron chi connectivity index (χ3n) is 5.35. The number of amides is 1. The van der Waals surface area contributed by atoms with Gasteiger partial charge in [0.25, 0.3) is 5.56 Å². The molecule has 0 aliphatic carbocycles. The van der Waals surface area contributed by atoms with Gasteiger partial charge in [0.15, 0.2) is 11.2 Å². The Balaban J connectivity index is 1.65. The fourth-order valence-electron chi connectivity index (χ4n) is 3.85. The monoisotopic (exact) mass is 428 g/mol. The summed E-state index contributed by atoms with van der Waals surface area (Å²) in [5.74, 6) is 0.661. The molecule has 0 radical (unpaired) electrons. The highest BCUT2D eigenvalue weighted by molar-refractivity contribution is 6.30. The number of aromatic amines is 1. The lowest BCUT2D eigenvalue weighted by molar-refractivity contribution is -0.140. The number of benzene rings is 1. The van der Waals surface area contributed by atoms with Crippen LogP contribution in [0.3, 0.4) is 0 Å². The van der Waals surface area contributed by atoms with Crippen LogP contribution in [0.15, 0.2) is 29.1 Å². The first-order chi connectivity index (χ1) is 14.2. The average molecular weight is 429 g/mol. The van der Waals surface area contributed by atoms with Gasteiger partial charge in [0.05, 0.1) is 6.54 Å². The number of rotatable bonds is 3. The molecule has 3 heterocycles. The van der Waals surface area contributed by atoms with E-state index in [0.29, 0.717) is 29.6 Å². The van der Waals surface area contributed by atoms with Crippen LogP contribution in [0.4, 0.5) is 0 Å². The first kappa shape index (κ1) is 20.5. The van der Waals surface area contributed by atoms with Crippen LogP contribution < -0.4 is 5.56 Å². The summed E-state index contributed by atoms with van der Waals surface area (Å²) in [6, 6.07) is 7.45. The Morgan fingerprint density at radius 3 is 2.87 bits per heavy atom. The summed E-state index contributed by atoms with van der Waals surface area (Å²) in [6.45, 7) is 7.45. The Kier molecular flexibility index (Phi) is 5.36. The first-order valence-electron chi connectivity index (χ1n) is 10.1. The highest BCUT2D eigenvalue weighted by Crippen LogP contribution is 2.28. The predicted octanol–water partition coefficient (Wildman–Crippen LogP) is 2.97. The smallest absolute Gasteiger partial charge is 0.281 e. The highest BCUT2D eigenvalue weighted by Gasteiger charge is 2.32. The third-order valence-corrected chi connectivity index (χ3v) is 5.59. The molecule has 8 nitrogen and oxygen atoms in total. The molecule has 1 unspecified atom stereocenters. The minimum atomic E-state index is -0.438. The molecule has 0 saturated carbocycles. The van der Waals surface area contributed by atoms with E-state index in [2.05, 4.69) is 15.3 Å². The average Bonchev–Trinajstić information content (AvgIpc) is 3.10. The van der Waals surface area contributed by atoms with Crippen molar-refractivity contribution in [3.63, 3.8) is 0 Å². The van der Waals surface area contributed by atoms with Crippen LogP contribution >= 0.6 is 11.6 Å². The van der Waals surface area contributed by atoms with Gasteiger partial charge in [-0.25, -0.2) is 9.67 Å². The number of halogens is 1. The molecule has 1 fully saturated rings. The zero-order valence-corrected chi connectivity index (χ0v) is 18.1. The van der Waals surface area contributed by atoms with Gasteiger partial charge in [-0.1, -0.05) is 49.7 Å². The van der Waals surface area contributed by atoms with Gasteiger partial charge in [-0.2, -0.15) is 0 Å². The molecule has 1 aliphatic rings. The standard InChI is InChI=1S/C21H25ClN6O2/c1-21(2,3)20(30)27-9-5-7-14(12-27)17-23-18-16(19(29)24-17)25-26-28(18)11-13-6-4-8-15(22)10-13/h4,6,8,10,14H,5,7,9,11-12H2,1-3H3,(H,23,24,29). The number of aromatic nitrogens is 5. The van der Waals surface area contributed by atoms with Gasteiger partial charge in [-0.05, 0) is 30.5 Å². The van der Waals surface area contributed by atoms with E-state index in [1.807, 2.05) is 43.9 Å². The molecule has 1 saturated heterocycles. The molecule has 1 N–H and O–H groups in total. The zero-order chi connectivity index (χ0) is 21.5. The van der Waals surface area contributed by atoms with Crippen molar-refractivity contribution in [3.05, 3.63) is 51.0 Å². The molecule has 158 valence electrons. The van der Waals surface area contributed by atoms with Gasteiger partial charge in [-0.3, -0.25) is 9.59 Å². The number of fused-ring (bicyclic) bond motifs is 1. The maximum absolute atomic E-state index is 12.7. The zero-order valence-electron chi connectivity index (χ0n) is 17.4. The van der Waals surface area contributed by atoms with E-state index in [0.717, 1.165) is 24.9 Å². The van der Waals surface area contributed by atoms with Crippen LogP contribution in [0, 0.1) is 5.41 Å². The quantitative estimate of drug-likeness (QED) is 0.691. The topological polar surface area (TPSA) is 96.8 Å². The van der Waals surface area contributed by atoms with Gasteiger partial charge in [0.1, 0.15) is 5.82 Å². The number of H-pyrrole nitrogens is 1. The maximum Gasteiger partial charge on any atom is 0.281 e. The number of piperidine rings is 1. The fraction of sp³-hybridized carbons (Fsp3) is 0.476. The summed E-state index contributed by atoms with van der Waals surface area (Å²) in [4.78, 5) is 34.8. The van der Waals surface area contributed by atoms with Gasteiger partial charge in [-0.15, -0.1) is 5.10 Å². The second-order valence-corrected chi connectivity index (χ2v) is 9.28. The van der Waals surface area contributed by atoms with Crippen molar-refractivity contribution >= 4 is 28.7 Å². The van der Waals surface area contributed by atoms with Gasteiger partial charge >= 0.3 is 0 Å². The van der Waals surface area contributed by atoms with Crippen molar-refractivity contribution in [1.82, 2.24) is 29.9 Å². The lowest BCUT2D eigenvalue weighted by Crippen LogP contribution is -2.45. The number of nitrogens with one attached hydrogen (secondary N) is 1. The Morgan fingerprint density at radius 1 is 1.33 bits per heavy atom. The van der Waals surface area contributed by atoms with Crippen molar-refractivity contribution in [2.24, 2.45) is 5.41 Å². The Hall–Kier alpha value is -2.74. The van der Waals surface area contributed by atoms with E-state index in [-0.39, 0.29) is 22.9 Å². The van der Waals surface area contributed by atoms with Crippen molar-refractivity contribution in [2.75, 3.05) is 13.1 Å². The summed E-state index contributed by atoms with van der Waals surface area (Å²) < 4.78 is 1.61. The van der Waals surface area contributed by atoms with Gasteiger partial charge in [0.2, 0.25) is 5.91 Å². The van der Waals surface area contributed by atoms with E-state index < -0.39 is 5.41 Å². The molecule has 2 aromatic heterocycles. The molecule has 1 atom stereocenters. The molecular weight excluding hydrogens is 404 g/mol. The largest absolute Gasteiger partial charge is 0.342 e. The molecule has 30 heavy (non-hydrogen) atoms. The third kappa shape index (κ3) is 4.09. The minimum absolute atomic E-state index is 0.0309. The molecule has 3 aromatic rings. The van der Waals surface area contributed by atoms with Crippen LogP contribution in [0.2, 0.25) is 5.02 Å². The number of nitrogens with zero attached hydrogens (tertiary/aromatic N) is 5. The van der Waals surface area contributed by atoms with Gasteiger partial charge in [0, 0.05) is 29.4 Å². The number of likely N-dealkylation sites (tertiary alicyclic amines) is 1. The maximum atomic E-state index is 12.7. The van der Waals surface area contributed by atoms with E-state index in [9.17, 15) is 9.59 Å². The fourth-order valence-corrected chi connectivity index (χ4v) is 4.06. The SMILES string of the molecule is CC(C)(C)C(=O)N1CCCC(c2nc3c(nnn3Cc3cccc(Cl)c3)c(=O)[nH]2)C1. The Morgan fingerprint density at radius 2 is 2.13 bits per heavy atom. The van der Waals surface area contributed by atoms with Crippen LogP contribution in [0.5, 0.6) is 0 Å². The van der Waals surface area contributed by atoms with Crippen LogP contribution in [0.25, 0.3) is 11.2 Å². The van der Waals surface area contributed by atoms with Crippen LogP contribution in [-0.4, -0.2) is 48.9 Å². The number of carbonyl (C=O) groups excluding carboxylic acids is 1. The number of carbonyl (C=O) groups is 1. The van der Waals surface area contributed by atoms with Crippen LogP contribution in [-0.2, 0) is 11.3 Å². The second-order valence-electron chi connectivity index (χ2n) is 8.84. The molecule has 0 spiro atoms. The minimum Gasteiger partial charge on any atom is -0.342 e. The lowest BCUT2D eigenvalue weighted by atomic mass is 9.91. The molecule has 4 rings (SSSR count). The number of hydrogen-bond donors (Lipinski definition) is 1. The summed E-state index contributed by atoms with van der Waals surface area (Å²) in [5.41, 5.74) is 0.836. The summed E-state index contributed by atoms with van der Waals surface area (Å²) in [6.07, 6.45) is 1.73.